The van der Waals surface area contributed by atoms with Gasteiger partial charge in [0, 0.05) is 19.6 Å². The van der Waals surface area contributed by atoms with Crippen LogP contribution in [0.25, 0.3) is 0 Å². The molecule has 0 aromatic heterocycles. The predicted molar refractivity (Wildman–Crippen MR) is 75.2 cm³/mol. The van der Waals surface area contributed by atoms with Crippen molar-refractivity contribution in [1.29, 1.82) is 0 Å². The number of guanidine groups is 1. The molecule has 0 amide bonds. The Bertz CT molecular complexity index is 254. The van der Waals surface area contributed by atoms with E-state index >= 15 is 0 Å². The van der Waals surface area contributed by atoms with Crippen LogP contribution >= 0.6 is 0 Å². The van der Waals surface area contributed by atoms with E-state index in [0.29, 0.717) is 6.04 Å². The highest BCUT2D eigenvalue weighted by Gasteiger charge is 2.27. The van der Waals surface area contributed by atoms with E-state index < -0.39 is 0 Å². The Labute approximate surface area is 106 Å². The van der Waals surface area contributed by atoms with Crippen molar-refractivity contribution in [2.24, 2.45) is 16.1 Å². The highest BCUT2D eigenvalue weighted by atomic mass is 15.3. The van der Waals surface area contributed by atoms with E-state index in [1.807, 2.05) is 0 Å². The van der Waals surface area contributed by atoms with Gasteiger partial charge < -0.3 is 10.6 Å². The number of nitrogens with two attached hydrogens (primary N) is 1. The molecule has 1 aliphatic rings. The number of unbranched alkanes of at least 4 members (excludes halogenated alkanes) is 2. The van der Waals surface area contributed by atoms with E-state index in [1.165, 1.54) is 38.5 Å². The van der Waals surface area contributed by atoms with Gasteiger partial charge in [-0.3, -0.25) is 4.99 Å². The molecule has 1 saturated carbocycles. The first-order valence-electron chi connectivity index (χ1n) is 6.99. The lowest BCUT2D eigenvalue weighted by Crippen LogP contribution is -2.36. The fourth-order valence-electron chi connectivity index (χ4n) is 1.99. The first-order valence-corrected chi connectivity index (χ1v) is 6.99. The van der Waals surface area contributed by atoms with Crippen LogP contribution in [0.2, 0.25) is 0 Å². The van der Waals surface area contributed by atoms with Crippen molar-refractivity contribution in [3.63, 3.8) is 0 Å². The van der Waals surface area contributed by atoms with Crippen LogP contribution in [0.4, 0.5) is 0 Å². The predicted octanol–water partition coefficient (Wildman–Crippen LogP) is 3.00. The highest BCUT2D eigenvalue weighted by molar-refractivity contribution is 5.78. The van der Waals surface area contributed by atoms with Gasteiger partial charge in [-0.1, -0.05) is 40.0 Å². The minimum absolute atomic E-state index is 0.282. The third-order valence-corrected chi connectivity index (χ3v) is 3.58. The van der Waals surface area contributed by atoms with E-state index in [-0.39, 0.29) is 5.41 Å². The molecule has 3 heteroatoms. The Balaban J connectivity index is 2.32. The molecule has 0 aliphatic heterocycles. The van der Waals surface area contributed by atoms with Crippen LogP contribution < -0.4 is 5.73 Å². The van der Waals surface area contributed by atoms with Crippen LogP contribution in [-0.2, 0) is 0 Å². The SMILES string of the molecule is CCCCCC(C)(C)CN=C(N)N(C)C1CC1. The number of hydrogen-bond acceptors (Lipinski definition) is 1. The molecule has 2 N–H and O–H groups in total. The Morgan fingerprint density at radius 1 is 1.35 bits per heavy atom. The van der Waals surface area contributed by atoms with Crippen LogP contribution in [0.3, 0.4) is 0 Å². The van der Waals surface area contributed by atoms with Gasteiger partial charge >= 0.3 is 0 Å². The van der Waals surface area contributed by atoms with Crippen LogP contribution in [0, 0.1) is 5.41 Å². The Morgan fingerprint density at radius 3 is 2.53 bits per heavy atom. The molecular formula is C14H29N3. The summed E-state index contributed by atoms with van der Waals surface area (Å²) in [7, 11) is 2.06. The molecule has 0 bridgehead atoms. The normalized spacial score (nSPS) is 17.3. The summed E-state index contributed by atoms with van der Waals surface area (Å²) in [5.74, 6) is 0.719. The summed E-state index contributed by atoms with van der Waals surface area (Å²) in [6.07, 6.45) is 7.69. The molecule has 1 aliphatic carbocycles. The summed E-state index contributed by atoms with van der Waals surface area (Å²) in [6, 6.07) is 0.655. The zero-order valence-corrected chi connectivity index (χ0v) is 12.0. The molecular weight excluding hydrogens is 210 g/mol. The average molecular weight is 239 g/mol. The highest BCUT2D eigenvalue weighted by Crippen LogP contribution is 2.26. The molecule has 1 fully saturated rings. The molecule has 0 radical (unpaired) electrons. The van der Waals surface area contributed by atoms with Crippen LogP contribution in [0.1, 0.15) is 59.3 Å². The monoisotopic (exact) mass is 239 g/mol. The van der Waals surface area contributed by atoms with Gasteiger partial charge in [0.25, 0.3) is 0 Å². The second-order valence-corrected chi connectivity index (χ2v) is 6.14. The Morgan fingerprint density at radius 2 is 2.00 bits per heavy atom. The third-order valence-electron chi connectivity index (χ3n) is 3.58. The maximum Gasteiger partial charge on any atom is 0.191 e. The maximum absolute atomic E-state index is 6.00. The lowest BCUT2D eigenvalue weighted by Gasteiger charge is -2.24. The van der Waals surface area contributed by atoms with Gasteiger partial charge in [-0.25, -0.2) is 0 Å². The summed E-state index contributed by atoms with van der Waals surface area (Å²) >= 11 is 0. The molecule has 0 aromatic rings. The van der Waals surface area contributed by atoms with Gasteiger partial charge in [-0.05, 0) is 24.7 Å². The van der Waals surface area contributed by atoms with Gasteiger partial charge in [0.1, 0.15) is 0 Å². The number of rotatable bonds is 7. The molecule has 0 atom stereocenters. The van der Waals surface area contributed by atoms with Crippen molar-refractivity contribution in [2.45, 2.75) is 65.3 Å². The summed E-state index contributed by atoms with van der Waals surface area (Å²) in [5, 5.41) is 0. The van der Waals surface area contributed by atoms with E-state index in [1.54, 1.807) is 0 Å². The first kappa shape index (κ1) is 14.3. The fraction of sp³-hybridized carbons (Fsp3) is 0.929. The number of hydrogen-bond donors (Lipinski definition) is 1. The molecule has 1 rings (SSSR count). The number of nitrogens with zero attached hydrogens (tertiary/aromatic N) is 2. The molecule has 3 nitrogen and oxygen atoms in total. The summed E-state index contributed by atoms with van der Waals surface area (Å²) in [6.45, 7) is 7.67. The second kappa shape index (κ2) is 6.27. The van der Waals surface area contributed by atoms with Crippen LogP contribution in [0.15, 0.2) is 4.99 Å². The molecule has 100 valence electrons. The lowest BCUT2D eigenvalue weighted by atomic mass is 9.87. The van der Waals surface area contributed by atoms with Gasteiger partial charge in [-0.15, -0.1) is 0 Å². The number of aliphatic imine (C=N–C) groups is 1. The Hall–Kier alpha value is -0.730. The fourth-order valence-corrected chi connectivity index (χ4v) is 1.99. The summed E-state index contributed by atoms with van der Waals surface area (Å²) in [5.41, 5.74) is 6.28. The van der Waals surface area contributed by atoms with E-state index in [4.69, 9.17) is 5.73 Å². The van der Waals surface area contributed by atoms with Gasteiger partial charge in [0.2, 0.25) is 0 Å². The van der Waals surface area contributed by atoms with Crippen molar-refractivity contribution in [1.82, 2.24) is 4.90 Å². The molecule has 0 aromatic carbocycles. The molecule has 0 unspecified atom stereocenters. The molecule has 0 saturated heterocycles. The minimum Gasteiger partial charge on any atom is -0.370 e. The maximum atomic E-state index is 6.00. The topological polar surface area (TPSA) is 41.6 Å². The van der Waals surface area contributed by atoms with E-state index in [0.717, 1.165) is 12.5 Å². The molecule has 0 heterocycles. The average Bonchev–Trinajstić information content (AvgIpc) is 3.09. The van der Waals surface area contributed by atoms with E-state index in [9.17, 15) is 0 Å². The largest absolute Gasteiger partial charge is 0.370 e. The smallest absolute Gasteiger partial charge is 0.191 e. The van der Waals surface area contributed by atoms with Crippen molar-refractivity contribution in [3.05, 3.63) is 0 Å². The molecule has 0 spiro atoms. The van der Waals surface area contributed by atoms with Crippen molar-refractivity contribution in [2.75, 3.05) is 13.6 Å². The quantitative estimate of drug-likeness (QED) is 0.421. The third kappa shape index (κ3) is 5.42. The van der Waals surface area contributed by atoms with Crippen molar-refractivity contribution >= 4 is 5.96 Å². The van der Waals surface area contributed by atoms with Crippen LogP contribution in [0.5, 0.6) is 0 Å². The van der Waals surface area contributed by atoms with Crippen molar-refractivity contribution in [3.8, 4) is 0 Å². The van der Waals surface area contributed by atoms with Gasteiger partial charge in [-0.2, -0.15) is 0 Å². The van der Waals surface area contributed by atoms with Crippen LogP contribution in [-0.4, -0.2) is 30.5 Å². The standard InChI is InChI=1S/C14H29N3/c1-5-6-7-10-14(2,3)11-16-13(15)17(4)12-8-9-12/h12H,5-11H2,1-4H3,(H2,15,16). The Kier molecular flexibility index (Phi) is 5.29. The van der Waals surface area contributed by atoms with Gasteiger partial charge in [0.05, 0.1) is 0 Å². The van der Waals surface area contributed by atoms with E-state index in [2.05, 4.69) is 37.7 Å². The summed E-state index contributed by atoms with van der Waals surface area (Å²) in [4.78, 5) is 6.68. The second-order valence-electron chi connectivity index (χ2n) is 6.14. The molecule has 17 heavy (non-hydrogen) atoms. The first-order chi connectivity index (χ1) is 7.96. The van der Waals surface area contributed by atoms with Crippen molar-refractivity contribution < 1.29 is 0 Å². The lowest BCUT2D eigenvalue weighted by molar-refractivity contribution is 0.331. The zero-order chi connectivity index (χ0) is 12.9. The minimum atomic E-state index is 0.282. The summed E-state index contributed by atoms with van der Waals surface area (Å²) < 4.78 is 0. The van der Waals surface area contributed by atoms with Gasteiger partial charge in [0.15, 0.2) is 5.96 Å². The zero-order valence-electron chi connectivity index (χ0n) is 12.0.